The van der Waals surface area contributed by atoms with Gasteiger partial charge in [0.05, 0.1) is 11.7 Å². The summed E-state index contributed by atoms with van der Waals surface area (Å²) in [5.41, 5.74) is 1.83. The van der Waals surface area contributed by atoms with Gasteiger partial charge in [-0.25, -0.2) is 0 Å². The number of rotatable bonds is 2. The summed E-state index contributed by atoms with van der Waals surface area (Å²) in [6, 6.07) is 11.8. The molecular weight excluding hydrogens is 202 g/mol. The van der Waals surface area contributed by atoms with E-state index in [4.69, 9.17) is 4.74 Å². The predicted molar refractivity (Wildman–Crippen MR) is 59.9 cm³/mol. The molecule has 2 heterocycles. The molecule has 1 aliphatic heterocycles. The molecule has 0 bridgehead atoms. The number of carbonyl (C=O) groups excluding carboxylic acids is 1. The zero-order valence-electron chi connectivity index (χ0n) is 8.67. The third-order valence-corrected chi connectivity index (χ3v) is 2.94. The monoisotopic (exact) mass is 213 g/mol. The number of benzene rings is 1. The van der Waals surface area contributed by atoms with E-state index in [9.17, 15) is 4.79 Å². The highest BCUT2D eigenvalue weighted by molar-refractivity contribution is 5.72. The van der Waals surface area contributed by atoms with Crippen molar-refractivity contribution in [3.05, 3.63) is 53.9 Å². The maximum Gasteiger partial charge on any atom is 0.166 e. The summed E-state index contributed by atoms with van der Waals surface area (Å²) in [6.45, 7) is 0.592. The van der Waals surface area contributed by atoms with Crippen molar-refractivity contribution in [3.8, 4) is 5.75 Å². The number of ether oxygens (including phenoxy) is 1. The minimum Gasteiger partial charge on any atom is -0.491 e. The lowest BCUT2D eigenvalue weighted by Gasteiger charge is -2.12. The summed E-state index contributed by atoms with van der Waals surface area (Å²) in [6.07, 6.45) is 2.79. The first-order valence-electron chi connectivity index (χ1n) is 5.24. The molecule has 0 spiro atoms. The van der Waals surface area contributed by atoms with E-state index >= 15 is 0 Å². The van der Waals surface area contributed by atoms with Crippen LogP contribution < -0.4 is 4.74 Å². The van der Waals surface area contributed by atoms with Gasteiger partial charge in [0, 0.05) is 11.8 Å². The average Bonchev–Trinajstić information content (AvgIpc) is 2.94. The Bertz CT molecular complexity index is 530. The number of fused-ring (bicyclic) bond motifs is 1. The lowest BCUT2D eigenvalue weighted by atomic mass is 10.1. The number of aromatic nitrogens is 1. The predicted octanol–water partition coefficient (Wildman–Crippen LogP) is 2.28. The van der Waals surface area contributed by atoms with Crippen molar-refractivity contribution in [2.24, 2.45) is 0 Å². The number of hydrogen-bond donors (Lipinski definition) is 0. The van der Waals surface area contributed by atoms with Crippen LogP contribution in [-0.2, 0) is 0 Å². The number of aldehydes is 1. The Morgan fingerprint density at radius 2 is 2.12 bits per heavy atom. The van der Waals surface area contributed by atoms with E-state index in [1.54, 1.807) is 0 Å². The summed E-state index contributed by atoms with van der Waals surface area (Å²) < 4.78 is 7.55. The van der Waals surface area contributed by atoms with Gasteiger partial charge < -0.3 is 9.30 Å². The molecule has 2 aromatic rings. The minimum absolute atomic E-state index is 0.117. The third kappa shape index (κ3) is 1.25. The van der Waals surface area contributed by atoms with Crippen molar-refractivity contribution in [2.75, 3.05) is 6.61 Å². The van der Waals surface area contributed by atoms with Gasteiger partial charge in [0.2, 0.25) is 0 Å². The van der Waals surface area contributed by atoms with Crippen molar-refractivity contribution in [1.29, 1.82) is 0 Å². The van der Waals surface area contributed by atoms with Crippen LogP contribution in [0.15, 0.2) is 42.6 Å². The Hall–Kier alpha value is -2.03. The normalized spacial score (nSPS) is 17.9. The molecule has 1 aromatic carbocycles. The van der Waals surface area contributed by atoms with E-state index in [-0.39, 0.29) is 6.04 Å². The second-order valence-electron chi connectivity index (χ2n) is 3.82. The molecule has 80 valence electrons. The first-order chi connectivity index (χ1) is 7.90. The summed E-state index contributed by atoms with van der Waals surface area (Å²) >= 11 is 0. The van der Waals surface area contributed by atoms with Gasteiger partial charge in [-0.3, -0.25) is 4.79 Å². The molecule has 0 saturated heterocycles. The van der Waals surface area contributed by atoms with E-state index < -0.39 is 0 Å². The summed E-state index contributed by atoms with van der Waals surface area (Å²) in [5, 5.41) is 0. The summed E-state index contributed by atoms with van der Waals surface area (Å²) in [5.74, 6) is 0.915. The summed E-state index contributed by atoms with van der Waals surface area (Å²) in [4.78, 5) is 10.9. The quantitative estimate of drug-likeness (QED) is 0.717. The molecule has 0 radical (unpaired) electrons. The first kappa shape index (κ1) is 9.21. The second kappa shape index (κ2) is 3.52. The number of nitrogens with zero attached hydrogens (tertiary/aromatic N) is 1. The molecule has 1 aliphatic rings. The van der Waals surface area contributed by atoms with E-state index in [2.05, 4.69) is 0 Å². The van der Waals surface area contributed by atoms with Gasteiger partial charge >= 0.3 is 0 Å². The largest absolute Gasteiger partial charge is 0.491 e. The Labute approximate surface area is 93.3 Å². The Kier molecular flexibility index (Phi) is 2.03. The van der Waals surface area contributed by atoms with E-state index in [0.29, 0.717) is 12.3 Å². The Morgan fingerprint density at radius 3 is 3.00 bits per heavy atom. The highest BCUT2D eigenvalue weighted by atomic mass is 16.5. The van der Waals surface area contributed by atoms with Crippen molar-refractivity contribution >= 4 is 6.29 Å². The molecule has 3 nitrogen and oxygen atoms in total. The molecule has 0 N–H and O–H groups in total. The molecule has 0 amide bonds. The molecule has 0 saturated carbocycles. The van der Waals surface area contributed by atoms with Gasteiger partial charge in [0.25, 0.3) is 0 Å². The van der Waals surface area contributed by atoms with Gasteiger partial charge in [0.15, 0.2) is 6.29 Å². The third-order valence-electron chi connectivity index (χ3n) is 2.94. The van der Waals surface area contributed by atoms with Gasteiger partial charge in [-0.15, -0.1) is 0 Å². The van der Waals surface area contributed by atoms with E-state index in [1.165, 1.54) is 0 Å². The zero-order valence-corrected chi connectivity index (χ0v) is 8.67. The van der Waals surface area contributed by atoms with Crippen LogP contribution in [0.3, 0.4) is 0 Å². The van der Waals surface area contributed by atoms with Crippen LogP contribution in [0.25, 0.3) is 0 Å². The number of hydrogen-bond acceptors (Lipinski definition) is 2. The van der Waals surface area contributed by atoms with Crippen molar-refractivity contribution < 1.29 is 9.53 Å². The molecule has 0 aliphatic carbocycles. The highest BCUT2D eigenvalue weighted by Gasteiger charge is 2.25. The fourth-order valence-corrected chi connectivity index (χ4v) is 2.17. The van der Waals surface area contributed by atoms with Crippen LogP contribution in [-0.4, -0.2) is 17.5 Å². The van der Waals surface area contributed by atoms with Gasteiger partial charge in [0.1, 0.15) is 12.4 Å². The second-order valence-corrected chi connectivity index (χ2v) is 3.82. The van der Waals surface area contributed by atoms with Gasteiger partial charge in [-0.05, 0) is 18.2 Å². The Morgan fingerprint density at radius 1 is 1.25 bits per heavy atom. The fraction of sp³-hybridized carbons (Fsp3) is 0.154. The Balaban J connectivity index is 2.08. The maximum absolute atomic E-state index is 10.9. The molecule has 1 aromatic heterocycles. The van der Waals surface area contributed by atoms with Crippen LogP contribution in [0.2, 0.25) is 0 Å². The maximum atomic E-state index is 10.9. The number of para-hydroxylation sites is 1. The number of carbonyl (C=O) groups is 1. The van der Waals surface area contributed by atoms with Crippen LogP contribution in [0, 0.1) is 0 Å². The molecule has 0 fully saturated rings. The van der Waals surface area contributed by atoms with Crippen LogP contribution >= 0.6 is 0 Å². The average molecular weight is 213 g/mol. The van der Waals surface area contributed by atoms with Gasteiger partial charge in [-0.1, -0.05) is 18.2 Å². The van der Waals surface area contributed by atoms with E-state index in [0.717, 1.165) is 17.6 Å². The molecule has 1 unspecified atom stereocenters. The highest BCUT2D eigenvalue weighted by Crippen LogP contribution is 2.34. The molecule has 3 heteroatoms. The lowest BCUT2D eigenvalue weighted by molar-refractivity contribution is 0.111. The minimum atomic E-state index is 0.117. The lowest BCUT2D eigenvalue weighted by Crippen LogP contribution is -2.13. The molecule has 16 heavy (non-hydrogen) atoms. The van der Waals surface area contributed by atoms with Crippen LogP contribution in [0.4, 0.5) is 0 Å². The molecule has 3 rings (SSSR count). The SMILES string of the molecule is O=Cc1cccn1C1COc2ccccc21. The first-order valence-corrected chi connectivity index (χ1v) is 5.24. The topological polar surface area (TPSA) is 31.2 Å². The van der Waals surface area contributed by atoms with E-state index in [1.807, 2.05) is 47.2 Å². The van der Waals surface area contributed by atoms with Crippen molar-refractivity contribution in [2.45, 2.75) is 6.04 Å². The van der Waals surface area contributed by atoms with Crippen molar-refractivity contribution in [3.63, 3.8) is 0 Å². The molecule has 1 atom stereocenters. The van der Waals surface area contributed by atoms with Crippen LogP contribution in [0.1, 0.15) is 22.1 Å². The molecular formula is C13H11NO2. The zero-order chi connectivity index (χ0) is 11.0. The summed E-state index contributed by atoms with van der Waals surface area (Å²) in [7, 11) is 0. The smallest absolute Gasteiger partial charge is 0.166 e. The van der Waals surface area contributed by atoms with Crippen LogP contribution in [0.5, 0.6) is 5.75 Å². The van der Waals surface area contributed by atoms with Crippen molar-refractivity contribution in [1.82, 2.24) is 4.57 Å². The van der Waals surface area contributed by atoms with Gasteiger partial charge in [-0.2, -0.15) is 0 Å². The standard InChI is InChI=1S/C13H11NO2/c15-8-10-4-3-7-14(10)12-9-16-13-6-2-1-5-11(12)13/h1-8,12H,9H2. The fourth-order valence-electron chi connectivity index (χ4n) is 2.17.